The van der Waals surface area contributed by atoms with E-state index in [-0.39, 0.29) is 24.4 Å². The van der Waals surface area contributed by atoms with Crippen LogP contribution in [0.4, 0.5) is 0 Å². The lowest BCUT2D eigenvalue weighted by atomic mass is 9.85. The molecule has 0 heterocycles. The quantitative estimate of drug-likeness (QED) is 0.480. The molecule has 0 N–H and O–H groups in total. The van der Waals surface area contributed by atoms with E-state index in [1.54, 1.807) is 12.1 Å². The topological polar surface area (TPSA) is 52.6 Å². The molecule has 0 fully saturated rings. The number of benzene rings is 2. The molecule has 4 nitrogen and oxygen atoms in total. The predicted octanol–water partition coefficient (Wildman–Crippen LogP) is 4.45. The van der Waals surface area contributed by atoms with E-state index in [2.05, 4.69) is 0 Å². The Bertz CT molecular complexity index is 710. The standard InChI is InChI=1S/C21H23ClO4/c1-3-26-20(13-21(24)25-2)19(12-15-6-10-18(22)11-7-15)17-8-4-16(14-23)5-9-17/h4-11,14,19-20H,3,12-13H2,1-2H3/t19-,20?/m1/s1. The van der Waals surface area contributed by atoms with Crippen molar-refractivity contribution in [1.82, 2.24) is 0 Å². The first-order valence-corrected chi connectivity index (χ1v) is 8.93. The molecule has 2 aromatic rings. The van der Waals surface area contributed by atoms with Gasteiger partial charge in [0.25, 0.3) is 0 Å². The van der Waals surface area contributed by atoms with Crippen LogP contribution in [0, 0.1) is 0 Å². The van der Waals surface area contributed by atoms with E-state index in [4.69, 9.17) is 21.1 Å². The lowest BCUT2D eigenvalue weighted by molar-refractivity contribution is -0.144. The van der Waals surface area contributed by atoms with Crippen LogP contribution < -0.4 is 0 Å². The summed E-state index contributed by atoms with van der Waals surface area (Å²) in [5.41, 5.74) is 2.71. The van der Waals surface area contributed by atoms with Crippen LogP contribution in [0.15, 0.2) is 48.5 Å². The number of hydrogen-bond donors (Lipinski definition) is 0. The molecule has 0 aliphatic heterocycles. The Morgan fingerprint density at radius 2 is 1.77 bits per heavy atom. The van der Waals surface area contributed by atoms with Crippen LogP contribution in [-0.4, -0.2) is 32.1 Å². The highest BCUT2D eigenvalue weighted by molar-refractivity contribution is 6.30. The average Bonchev–Trinajstić information content (AvgIpc) is 2.67. The predicted molar refractivity (Wildman–Crippen MR) is 102 cm³/mol. The number of rotatable bonds is 9. The van der Waals surface area contributed by atoms with Crippen LogP contribution in [-0.2, 0) is 20.7 Å². The summed E-state index contributed by atoms with van der Waals surface area (Å²) in [4.78, 5) is 22.8. The molecule has 5 heteroatoms. The van der Waals surface area contributed by atoms with Crippen molar-refractivity contribution in [2.24, 2.45) is 0 Å². The van der Waals surface area contributed by atoms with Gasteiger partial charge in [-0.25, -0.2) is 0 Å². The fraction of sp³-hybridized carbons (Fsp3) is 0.333. The molecule has 0 bridgehead atoms. The summed E-state index contributed by atoms with van der Waals surface area (Å²) in [6.45, 7) is 2.39. The van der Waals surface area contributed by atoms with Gasteiger partial charge in [0.1, 0.15) is 6.29 Å². The number of aldehydes is 1. The van der Waals surface area contributed by atoms with E-state index in [0.29, 0.717) is 23.6 Å². The van der Waals surface area contributed by atoms with Crippen molar-refractivity contribution < 1.29 is 19.1 Å². The number of carbonyl (C=O) groups excluding carboxylic acids is 2. The summed E-state index contributed by atoms with van der Waals surface area (Å²) in [5.74, 6) is -0.370. The van der Waals surface area contributed by atoms with Crippen LogP contribution in [0.3, 0.4) is 0 Å². The summed E-state index contributed by atoms with van der Waals surface area (Å²) in [5, 5.41) is 0.677. The number of halogens is 1. The molecule has 138 valence electrons. The minimum absolute atomic E-state index is 0.0593. The maximum absolute atomic E-state index is 11.9. The van der Waals surface area contributed by atoms with Gasteiger partial charge in [-0.2, -0.15) is 0 Å². The first kappa shape index (κ1) is 20.1. The van der Waals surface area contributed by atoms with Gasteiger partial charge in [-0.1, -0.05) is 48.0 Å². The van der Waals surface area contributed by atoms with Crippen molar-refractivity contribution >= 4 is 23.9 Å². The van der Waals surface area contributed by atoms with Gasteiger partial charge in [0, 0.05) is 23.1 Å². The van der Waals surface area contributed by atoms with E-state index >= 15 is 0 Å². The minimum Gasteiger partial charge on any atom is -0.469 e. The van der Waals surface area contributed by atoms with Crippen molar-refractivity contribution in [3.8, 4) is 0 Å². The Hall–Kier alpha value is -2.17. The summed E-state index contributed by atoms with van der Waals surface area (Å²) in [6, 6.07) is 15.0. The third kappa shape index (κ3) is 5.68. The first-order valence-electron chi connectivity index (χ1n) is 8.55. The largest absolute Gasteiger partial charge is 0.469 e. The molecule has 2 atom stereocenters. The highest BCUT2D eigenvalue weighted by Crippen LogP contribution is 2.29. The van der Waals surface area contributed by atoms with Crippen LogP contribution in [0.25, 0.3) is 0 Å². The molecule has 2 aromatic carbocycles. The van der Waals surface area contributed by atoms with Gasteiger partial charge in [0.05, 0.1) is 19.6 Å². The fourth-order valence-corrected chi connectivity index (χ4v) is 3.07. The molecule has 0 saturated heterocycles. The number of ether oxygens (including phenoxy) is 2. The van der Waals surface area contributed by atoms with Gasteiger partial charge in [-0.05, 0) is 36.6 Å². The van der Waals surface area contributed by atoms with E-state index in [9.17, 15) is 9.59 Å². The Morgan fingerprint density at radius 1 is 1.12 bits per heavy atom. The Kier molecular flexibility index (Phi) is 7.82. The maximum Gasteiger partial charge on any atom is 0.308 e. The molecule has 0 aliphatic carbocycles. The SMILES string of the molecule is CCOC(CC(=O)OC)[C@H](Cc1ccc(Cl)cc1)c1ccc(C=O)cc1. The zero-order chi connectivity index (χ0) is 18.9. The normalized spacial score (nSPS) is 13.0. The summed E-state index contributed by atoms with van der Waals surface area (Å²) in [7, 11) is 1.37. The second kappa shape index (κ2) is 10.1. The average molecular weight is 375 g/mol. The molecular weight excluding hydrogens is 352 g/mol. The second-order valence-electron chi connectivity index (χ2n) is 6.00. The Labute approximate surface area is 159 Å². The molecule has 26 heavy (non-hydrogen) atoms. The van der Waals surface area contributed by atoms with Crippen LogP contribution in [0.1, 0.15) is 40.7 Å². The third-order valence-corrected chi connectivity index (χ3v) is 4.55. The van der Waals surface area contributed by atoms with Gasteiger partial charge in [-0.15, -0.1) is 0 Å². The molecule has 0 amide bonds. The molecule has 0 aromatic heterocycles. The highest BCUT2D eigenvalue weighted by Gasteiger charge is 2.27. The monoisotopic (exact) mass is 374 g/mol. The fourth-order valence-electron chi connectivity index (χ4n) is 2.94. The van der Waals surface area contributed by atoms with Gasteiger partial charge in [0.2, 0.25) is 0 Å². The maximum atomic E-state index is 11.9. The Balaban J connectivity index is 2.34. The van der Waals surface area contributed by atoms with Crippen molar-refractivity contribution in [2.75, 3.05) is 13.7 Å². The van der Waals surface area contributed by atoms with Gasteiger partial charge < -0.3 is 9.47 Å². The summed E-state index contributed by atoms with van der Waals surface area (Å²) in [6.07, 6.45) is 1.33. The number of hydrogen-bond acceptors (Lipinski definition) is 4. The van der Waals surface area contributed by atoms with Crippen molar-refractivity contribution in [1.29, 1.82) is 0 Å². The van der Waals surface area contributed by atoms with Gasteiger partial charge >= 0.3 is 5.97 Å². The second-order valence-corrected chi connectivity index (χ2v) is 6.43. The van der Waals surface area contributed by atoms with Crippen LogP contribution >= 0.6 is 11.6 Å². The molecule has 1 unspecified atom stereocenters. The zero-order valence-electron chi connectivity index (χ0n) is 15.0. The third-order valence-electron chi connectivity index (χ3n) is 4.29. The van der Waals surface area contributed by atoms with Crippen LogP contribution in [0.2, 0.25) is 5.02 Å². The van der Waals surface area contributed by atoms with Crippen molar-refractivity contribution in [3.05, 3.63) is 70.2 Å². The van der Waals surface area contributed by atoms with Crippen molar-refractivity contribution in [2.45, 2.75) is 31.8 Å². The van der Waals surface area contributed by atoms with E-state index in [1.165, 1.54) is 7.11 Å². The highest BCUT2D eigenvalue weighted by atomic mass is 35.5. The van der Waals surface area contributed by atoms with Crippen LogP contribution in [0.5, 0.6) is 0 Å². The lowest BCUT2D eigenvalue weighted by Crippen LogP contribution is -2.28. The van der Waals surface area contributed by atoms with E-state index in [0.717, 1.165) is 17.4 Å². The first-order chi connectivity index (χ1) is 12.6. The molecule has 2 rings (SSSR count). The molecule has 0 aliphatic rings. The molecule has 0 spiro atoms. The molecule has 0 radical (unpaired) electrons. The van der Waals surface area contributed by atoms with E-state index in [1.807, 2.05) is 43.3 Å². The summed E-state index contributed by atoms with van der Waals surface area (Å²) >= 11 is 5.98. The zero-order valence-corrected chi connectivity index (χ0v) is 15.7. The number of esters is 1. The summed E-state index contributed by atoms with van der Waals surface area (Å²) < 4.78 is 10.7. The number of methoxy groups -OCH3 is 1. The molecular formula is C21H23ClO4. The Morgan fingerprint density at radius 3 is 2.31 bits per heavy atom. The van der Waals surface area contributed by atoms with Gasteiger partial charge in [-0.3, -0.25) is 9.59 Å². The van der Waals surface area contributed by atoms with E-state index < -0.39 is 0 Å². The minimum atomic E-state index is -0.329. The number of carbonyl (C=O) groups is 2. The smallest absolute Gasteiger partial charge is 0.308 e. The van der Waals surface area contributed by atoms with Gasteiger partial charge in [0.15, 0.2) is 0 Å². The molecule has 0 saturated carbocycles. The lowest BCUT2D eigenvalue weighted by Gasteiger charge is -2.27. The van der Waals surface area contributed by atoms with Crippen molar-refractivity contribution in [3.63, 3.8) is 0 Å².